The van der Waals surface area contributed by atoms with Crippen molar-refractivity contribution >= 4 is 5.82 Å². The first kappa shape index (κ1) is 12.5. The summed E-state index contributed by atoms with van der Waals surface area (Å²) in [4.78, 5) is 13.2. The molecule has 0 aliphatic rings. The molecule has 0 atom stereocenters. The average molecular weight is 242 g/mol. The van der Waals surface area contributed by atoms with Gasteiger partial charge in [-0.15, -0.1) is 0 Å². The summed E-state index contributed by atoms with van der Waals surface area (Å²) < 4.78 is 0. The summed E-state index contributed by atoms with van der Waals surface area (Å²) in [6.07, 6.45) is 3.58. The monoisotopic (exact) mass is 242 g/mol. The van der Waals surface area contributed by atoms with Gasteiger partial charge in [-0.1, -0.05) is 13.8 Å². The van der Waals surface area contributed by atoms with Gasteiger partial charge < -0.3 is 5.32 Å². The van der Waals surface area contributed by atoms with Gasteiger partial charge in [-0.25, -0.2) is 9.97 Å². The third-order valence-electron chi connectivity index (χ3n) is 2.58. The predicted octanol–water partition coefficient (Wildman–Crippen LogP) is 3.09. The van der Waals surface area contributed by atoms with Crippen LogP contribution in [-0.4, -0.2) is 21.5 Å². The van der Waals surface area contributed by atoms with Crippen LogP contribution < -0.4 is 5.32 Å². The van der Waals surface area contributed by atoms with E-state index in [0.29, 0.717) is 5.92 Å². The summed E-state index contributed by atoms with van der Waals surface area (Å²) in [5.74, 6) is 2.03. The Kier molecular flexibility index (Phi) is 3.87. The third kappa shape index (κ3) is 2.83. The Balaban J connectivity index is 2.46. The van der Waals surface area contributed by atoms with Crippen molar-refractivity contribution in [2.24, 2.45) is 0 Å². The predicted molar refractivity (Wildman–Crippen MR) is 73.5 cm³/mol. The van der Waals surface area contributed by atoms with Gasteiger partial charge in [0.05, 0.1) is 5.69 Å². The number of aromatic nitrogens is 3. The van der Waals surface area contributed by atoms with Crippen molar-refractivity contribution in [2.75, 3.05) is 11.9 Å². The quantitative estimate of drug-likeness (QED) is 0.895. The van der Waals surface area contributed by atoms with Gasteiger partial charge in [0.2, 0.25) is 0 Å². The van der Waals surface area contributed by atoms with Crippen LogP contribution in [0.2, 0.25) is 0 Å². The highest BCUT2D eigenvalue weighted by molar-refractivity contribution is 5.61. The molecule has 4 nitrogen and oxygen atoms in total. The Hall–Kier alpha value is -1.97. The molecule has 0 radical (unpaired) electrons. The van der Waals surface area contributed by atoms with E-state index in [1.165, 1.54) is 0 Å². The minimum Gasteiger partial charge on any atom is -0.370 e. The smallest absolute Gasteiger partial charge is 0.133 e. The molecule has 1 N–H and O–H groups in total. The molecular formula is C14H18N4. The van der Waals surface area contributed by atoms with Gasteiger partial charge in [-0.05, 0) is 19.1 Å². The molecule has 0 saturated carbocycles. The molecule has 0 unspecified atom stereocenters. The molecule has 0 bridgehead atoms. The maximum absolute atomic E-state index is 4.59. The maximum atomic E-state index is 4.59. The Morgan fingerprint density at radius 1 is 1.28 bits per heavy atom. The first-order chi connectivity index (χ1) is 8.70. The molecule has 2 rings (SSSR count). The van der Waals surface area contributed by atoms with E-state index in [0.717, 1.165) is 29.4 Å². The Bertz CT molecular complexity index is 508. The van der Waals surface area contributed by atoms with Crippen LogP contribution in [0.4, 0.5) is 5.82 Å². The molecule has 94 valence electrons. The van der Waals surface area contributed by atoms with Gasteiger partial charge in [-0.3, -0.25) is 4.98 Å². The second-order valence-electron chi connectivity index (χ2n) is 4.42. The molecule has 0 aliphatic carbocycles. The van der Waals surface area contributed by atoms with Crippen LogP contribution in [0.1, 0.15) is 32.5 Å². The summed E-state index contributed by atoms with van der Waals surface area (Å²) in [5.41, 5.74) is 1.93. The molecule has 0 aliphatic heterocycles. The van der Waals surface area contributed by atoms with E-state index in [4.69, 9.17) is 0 Å². The van der Waals surface area contributed by atoms with Gasteiger partial charge >= 0.3 is 0 Å². The summed E-state index contributed by atoms with van der Waals surface area (Å²) in [7, 11) is 0. The Morgan fingerprint density at radius 3 is 2.72 bits per heavy atom. The lowest BCUT2D eigenvalue weighted by Gasteiger charge is -2.10. The molecule has 2 heterocycles. The zero-order valence-corrected chi connectivity index (χ0v) is 11.0. The van der Waals surface area contributed by atoms with E-state index in [1.807, 2.05) is 24.4 Å². The van der Waals surface area contributed by atoms with E-state index in [2.05, 4.69) is 41.0 Å². The highest BCUT2D eigenvalue weighted by Crippen LogP contribution is 2.21. The molecule has 2 aromatic rings. The van der Waals surface area contributed by atoms with E-state index in [1.54, 1.807) is 6.20 Å². The number of nitrogens with zero attached hydrogens (tertiary/aromatic N) is 3. The van der Waals surface area contributed by atoms with Crippen LogP contribution in [0.5, 0.6) is 0 Å². The standard InChI is InChI=1S/C14H18N4/c1-4-16-13-8-12(11-6-5-7-15-9-11)17-14(18-13)10(2)3/h5-10H,4H2,1-3H3,(H,16,17,18). The molecule has 0 fully saturated rings. The Labute approximate surface area is 108 Å². The van der Waals surface area contributed by atoms with Crippen LogP contribution >= 0.6 is 0 Å². The summed E-state index contributed by atoms with van der Waals surface area (Å²) in [5, 5.41) is 3.24. The molecule has 0 saturated heterocycles. The number of hydrogen-bond acceptors (Lipinski definition) is 4. The fraction of sp³-hybridized carbons (Fsp3) is 0.357. The lowest BCUT2D eigenvalue weighted by atomic mass is 10.1. The van der Waals surface area contributed by atoms with Crippen LogP contribution in [0.3, 0.4) is 0 Å². The van der Waals surface area contributed by atoms with Crippen molar-refractivity contribution in [1.82, 2.24) is 15.0 Å². The highest BCUT2D eigenvalue weighted by Gasteiger charge is 2.09. The van der Waals surface area contributed by atoms with Crippen LogP contribution in [-0.2, 0) is 0 Å². The fourth-order valence-corrected chi connectivity index (χ4v) is 1.66. The fourth-order valence-electron chi connectivity index (χ4n) is 1.66. The van der Waals surface area contributed by atoms with Crippen LogP contribution in [0.15, 0.2) is 30.6 Å². The molecule has 0 amide bonds. The average Bonchev–Trinajstić information content (AvgIpc) is 2.40. The molecule has 18 heavy (non-hydrogen) atoms. The largest absolute Gasteiger partial charge is 0.370 e. The molecule has 4 heteroatoms. The summed E-state index contributed by atoms with van der Waals surface area (Å²) in [6.45, 7) is 7.10. The summed E-state index contributed by atoms with van der Waals surface area (Å²) in [6, 6.07) is 5.89. The van der Waals surface area contributed by atoms with E-state index < -0.39 is 0 Å². The van der Waals surface area contributed by atoms with Gasteiger partial charge in [0, 0.05) is 36.5 Å². The number of anilines is 1. The van der Waals surface area contributed by atoms with E-state index >= 15 is 0 Å². The molecular weight excluding hydrogens is 224 g/mol. The van der Waals surface area contributed by atoms with Gasteiger partial charge in [0.1, 0.15) is 11.6 Å². The molecule has 0 spiro atoms. The van der Waals surface area contributed by atoms with Crippen LogP contribution in [0, 0.1) is 0 Å². The second kappa shape index (κ2) is 5.58. The van der Waals surface area contributed by atoms with Crippen molar-refractivity contribution in [2.45, 2.75) is 26.7 Å². The first-order valence-corrected chi connectivity index (χ1v) is 6.24. The maximum Gasteiger partial charge on any atom is 0.133 e. The van der Waals surface area contributed by atoms with Crippen molar-refractivity contribution < 1.29 is 0 Å². The van der Waals surface area contributed by atoms with Gasteiger partial charge in [0.15, 0.2) is 0 Å². The lowest BCUT2D eigenvalue weighted by molar-refractivity contribution is 0.776. The van der Waals surface area contributed by atoms with Crippen molar-refractivity contribution in [3.8, 4) is 11.3 Å². The third-order valence-corrected chi connectivity index (χ3v) is 2.58. The zero-order valence-electron chi connectivity index (χ0n) is 11.0. The SMILES string of the molecule is CCNc1cc(-c2cccnc2)nc(C(C)C)n1. The zero-order chi connectivity index (χ0) is 13.0. The Morgan fingerprint density at radius 2 is 2.11 bits per heavy atom. The van der Waals surface area contributed by atoms with Crippen LogP contribution in [0.25, 0.3) is 11.3 Å². The molecule has 2 aromatic heterocycles. The first-order valence-electron chi connectivity index (χ1n) is 6.24. The van der Waals surface area contributed by atoms with Gasteiger partial charge in [-0.2, -0.15) is 0 Å². The summed E-state index contributed by atoms with van der Waals surface area (Å²) >= 11 is 0. The van der Waals surface area contributed by atoms with Gasteiger partial charge in [0.25, 0.3) is 0 Å². The topological polar surface area (TPSA) is 50.7 Å². The number of pyridine rings is 1. The van der Waals surface area contributed by atoms with Crippen molar-refractivity contribution in [3.63, 3.8) is 0 Å². The highest BCUT2D eigenvalue weighted by atomic mass is 15.0. The molecule has 0 aromatic carbocycles. The minimum absolute atomic E-state index is 0.305. The van der Waals surface area contributed by atoms with Crippen molar-refractivity contribution in [1.29, 1.82) is 0 Å². The minimum atomic E-state index is 0.305. The normalized spacial score (nSPS) is 10.7. The van der Waals surface area contributed by atoms with E-state index in [-0.39, 0.29) is 0 Å². The van der Waals surface area contributed by atoms with Crippen molar-refractivity contribution in [3.05, 3.63) is 36.4 Å². The number of nitrogens with one attached hydrogen (secondary N) is 1. The lowest BCUT2D eigenvalue weighted by Crippen LogP contribution is -2.05. The van der Waals surface area contributed by atoms with E-state index in [9.17, 15) is 0 Å². The second-order valence-corrected chi connectivity index (χ2v) is 4.42. The number of rotatable bonds is 4. The number of hydrogen-bond donors (Lipinski definition) is 1.